The lowest BCUT2D eigenvalue weighted by molar-refractivity contribution is 0.181. The average Bonchev–Trinajstić information content (AvgIpc) is 2.40. The lowest BCUT2D eigenvalue weighted by atomic mass is 10.1. The molecule has 0 saturated heterocycles. The van der Waals surface area contributed by atoms with Gasteiger partial charge in [0.2, 0.25) is 0 Å². The molecule has 4 nitrogen and oxygen atoms in total. The molecule has 0 aliphatic rings. The first kappa shape index (κ1) is 16.4. The molecule has 1 aromatic carbocycles. The summed E-state index contributed by atoms with van der Waals surface area (Å²) in [6, 6.07) is 3.68. The van der Waals surface area contributed by atoms with Gasteiger partial charge in [-0.25, -0.2) is 4.39 Å². The fourth-order valence-corrected chi connectivity index (χ4v) is 1.71. The zero-order valence-corrected chi connectivity index (χ0v) is 11.3. The Morgan fingerprint density at radius 3 is 2.65 bits per heavy atom. The van der Waals surface area contributed by atoms with E-state index in [1.54, 1.807) is 6.92 Å². The van der Waals surface area contributed by atoms with E-state index in [1.807, 2.05) is 0 Å². The van der Waals surface area contributed by atoms with Crippen molar-refractivity contribution < 1.29 is 24.8 Å². The summed E-state index contributed by atoms with van der Waals surface area (Å²) in [5, 5.41) is 37.2. The van der Waals surface area contributed by atoms with Gasteiger partial charge >= 0.3 is 0 Å². The minimum absolute atomic E-state index is 0.188. The van der Waals surface area contributed by atoms with E-state index >= 15 is 0 Å². The highest BCUT2D eigenvalue weighted by atomic mass is 19.1. The van der Waals surface area contributed by atoms with Crippen molar-refractivity contribution in [3.8, 4) is 5.75 Å². The van der Waals surface area contributed by atoms with Crippen LogP contribution in [0.15, 0.2) is 35.6 Å². The Morgan fingerprint density at radius 2 is 2.10 bits per heavy atom. The van der Waals surface area contributed by atoms with Gasteiger partial charge in [-0.3, -0.25) is 0 Å². The van der Waals surface area contributed by atoms with Crippen LogP contribution < -0.4 is 0 Å². The predicted octanol–water partition coefficient (Wildman–Crippen LogP) is 1.80. The van der Waals surface area contributed by atoms with Gasteiger partial charge in [-0.05, 0) is 36.3 Å². The Morgan fingerprint density at radius 1 is 1.40 bits per heavy atom. The molecular weight excluding hydrogens is 263 g/mol. The van der Waals surface area contributed by atoms with Crippen molar-refractivity contribution >= 4 is 0 Å². The van der Waals surface area contributed by atoms with Gasteiger partial charge < -0.3 is 20.4 Å². The van der Waals surface area contributed by atoms with E-state index in [0.29, 0.717) is 17.6 Å². The first-order chi connectivity index (χ1) is 9.43. The fraction of sp³-hybridized carbons (Fsp3) is 0.400. The van der Waals surface area contributed by atoms with Crippen molar-refractivity contribution in [2.75, 3.05) is 6.61 Å². The van der Waals surface area contributed by atoms with Crippen LogP contribution >= 0.6 is 0 Å². The molecule has 1 aromatic rings. The maximum Gasteiger partial charge on any atom is 0.165 e. The number of benzene rings is 1. The number of hydrogen-bond donors (Lipinski definition) is 4. The molecule has 0 aliphatic heterocycles. The molecule has 110 valence electrons. The minimum atomic E-state index is -0.927. The summed E-state index contributed by atoms with van der Waals surface area (Å²) in [6.45, 7) is 1.39. The fourth-order valence-electron chi connectivity index (χ4n) is 1.71. The Hall–Kier alpha value is -1.65. The highest BCUT2D eigenvalue weighted by Crippen LogP contribution is 2.22. The minimum Gasteiger partial charge on any atom is -0.505 e. The first-order valence-corrected chi connectivity index (χ1v) is 6.32. The summed E-state index contributed by atoms with van der Waals surface area (Å²) in [5.74, 6) is -1.25. The van der Waals surface area contributed by atoms with Crippen LogP contribution in [0.3, 0.4) is 0 Å². The standard InChI is InChI=1S/C15H19FO4/c1-10(18)7-11(9-17)3-2-4-14(19)12-5-6-15(20)13(16)8-12/h2,5-6,8,10,14,17-20H,4,7,9H2,1H3/t3?,10-,14+/m0/s1. The number of phenols is 1. The molecule has 0 spiro atoms. The van der Waals surface area contributed by atoms with Crippen molar-refractivity contribution in [2.45, 2.75) is 32.0 Å². The molecule has 0 amide bonds. The Labute approximate surface area is 117 Å². The molecule has 0 radical (unpaired) electrons. The monoisotopic (exact) mass is 282 g/mol. The van der Waals surface area contributed by atoms with Crippen LogP contribution in [-0.2, 0) is 0 Å². The van der Waals surface area contributed by atoms with Gasteiger partial charge in [0.05, 0.1) is 18.8 Å². The van der Waals surface area contributed by atoms with E-state index < -0.39 is 23.8 Å². The number of aliphatic hydroxyl groups excluding tert-OH is 3. The van der Waals surface area contributed by atoms with Gasteiger partial charge in [-0.2, -0.15) is 0 Å². The quantitative estimate of drug-likeness (QED) is 0.600. The number of aliphatic hydroxyl groups is 3. The van der Waals surface area contributed by atoms with Crippen LogP contribution in [0.2, 0.25) is 0 Å². The van der Waals surface area contributed by atoms with E-state index in [2.05, 4.69) is 5.73 Å². The maximum absolute atomic E-state index is 13.1. The van der Waals surface area contributed by atoms with E-state index in [-0.39, 0.29) is 13.0 Å². The van der Waals surface area contributed by atoms with E-state index in [1.165, 1.54) is 18.2 Å². The summed E-state index contributed by atoms with van der Waals surface area (Å²) < 4.78 is 13.1. The number of rotatable bonds is 6. The van der Waals surface area contributed by atoms with Gasteiger partial charge in [-0.1, -0.05) is 6.07 Å². The zero-order chi connectivity index (χ0) is 15.1. The molecule has 0 unspecified atom stereocenters. The van der Waals surface area contributed by atoms with Crippen molar-refractivity contribution in [1.29, 1.82) is 0 Å². The van der Waals surface area contributed by atoms with Crippen molar-refractivity contribution in [3.63, 3.8) is 0 Å². The second-order valence-electron chi connectivity index (χ2n) is 4.63. The third kappa shape index (κ3) is 5.15. The third-order valence-corrected chi connectivity index (χ3v) is 2.74. The summed E-state index contributed by atoms with van der Waals surface area (Å²) in [5.41, 5.74) is 3.68. The lowest BCUT2D eigenvalue weighted by Gasteiger charge is -2.08. The number of hydrogen-bond acceptors (Lipinski definition) is 4. The molecule has 1 rings (SSSR count). The van der Waals surface area contributed by atoms with Crippen molar-refractivity contribution in [1.82, 2.24) is 0 Å². The van der Waals surface area contributed by atoms with E-state index in [9.17, 15) is 14.6 Å². The third-order valence-electron chi connectivity index (χ3n) is 2.74. The SMILES string of the molecule is C[C@H](O)CC(=C=CC[C@@H](O)c1ccc(O)c(F)c1)CO. The zero-order valence-electron chi connectivity index (χ0n) is 11.3. The lowest BCUT2D eigenvalue weighted by Crippen LogP contribution is -2.03. The molecule has 2 atom stereocenters. The number of halogens is 1. The molecule has 4 N–H and O–H groups in total. The molecule has 0 aliphatic carbocycles. The Bertz CT molecular complexity index is 505. The average molecular weight is 282 g/mol. The van der Waals surface area contributed by atoms with Gasteiger partial charge in [-0.15, -0.1) is 5.73 Å². The van der Waals surface area contributed by atoms with E-state index in [4.69, 9.17) is 10.2 Å². The summed E-state index contributed by atoms with van der Waals surface area (Å²) in [7, 11) is 0. The highest BCUT2D eigenvalue weighted by Gasteiger charge is 2.09. The van der Waals surface area contributed by atoms with Crippen LogP contribution in [0, 0.1) is 5.82 Å². The van der Waals surface area contributed by atoms with Crippen LogP contribution in [0.25, 0.3) is 0 Å². The molecule has 0 saturated carbocycles. The van der Waals surface area contributed by atoms with Crippen LogP contribution in [0.4, 0.5) is 4.39 Å². The van der Waals surface area contributed by atoms with Gasteiger partial charge in [0.1, 0.15) is 0 Å². The largest absolute Gasteiger partial charge is 0.505 e. The van der Waals surface area contributed by atoms with Crippen molar-refractivity contribution in [3.05, 3.63) is 47.0 Å². The Kier molecular flexibility index (Phi) is 6.42. The Balaban J connectivity index is 2.72. The summed E-state index contributed by atoms with van der Waals surface area (Å²) in [6.07, 6.45) is 0.520. The second-order valence-corrected chi connectivity index (χ2v) is 4.63. The number of aromatic hydroxyl groups is 1. The van der Waals surface area contributed by atoms with E-state index in [0.717, 1.165) is 6.07 Å². The molecule has 5 heteroatoms. The molecule has 0 bridgehead atoms. The molecule has 0 fully saturated rings. The topological polar surface area (TPSA) is 80.9 Å². The first-order valence-electron chi connectivity index (χ1n) is 6.32. The predicted molar refractivity (Wildman–Crippen MR) is 72.6 cm³/mol. The normalized spacial score (nSPS) is 13.4. The van der Waals surface area contributed by atoms with Gasteiger partial charge in [0.25, 0.3) is 0 Å². The molecular formula is C15H19FO4. The summed E-state index contributed by atoms with van der Waals surface area (Å²) >= 11 is 0. The molecule has 20 heavy (non-hydrogen) atoms. The second kappa shape index (κ2) is 7.82. The maximum atomic E-state index is 13.1. The molecule has 0 heterocycles. The van der Waals surface area contributed by atoms with Crippen LogP contribution in [0.5, 0.6) is 5.75 Å². The van der Waals surface area contributed by atoms with Gasteiger partial charge in [0, 0.05) is 12.8 Å². The summed E-state index contributed by atoms with van der Waals surface area (Å²) in [4.78, 5) is 0. The smallest absolute Gasteiger partial charge is 0.165 e. The number of phenolic OH excluding ortho intramolecular Hbond substituents is 1. The van der Waals surface area contributed by atoms with Crippen LogP contribution in [0.1, 0.15) is 31.4 Å². The van der Waals surface area contributed by atoms with Crippen LogP contribution in [-0.4, -0.2) is 33.1 Å². The van der Waals surface area contributed by atoms with Gasteiger partial charge in [0.15, 0.2) is 11.6 Å². The van der Waals surface area contributed by atoms with Crippen molar-refractivity contribution in [2.24, 2.45) is 0 Å². The molecule has 0 aromatic heterocycles. The highest BCUT2D eigenvalue weighted by molar-refractivity contribution is 5.29.